The van der Waals surface area contributed by atoms with Crippen LogP contribution in [0, 0.1) is 17.2 Å². The molecule has 0 unspecified atom stereocenters. The van der Waals surface area contributed by atoms with Crippen LogP contribution in [0.2, 0.25) is 5.02 Å². The average Bonchev–Trinajstić information content (AvgIpc) is 2.85. The van der Waals surface area contributed by atoms with Crippen molar-refractivity contribution in [2.24, 2.45) is 5.92 Å². The largest absolute Gasteiger partial charge is 0.396 e. The molecule has 9 heteroatoms. The zero-order valence-corrected chi connectivity index (χ0v) is 19.7. The summed E-state index contributed by atoms with van der Waals surface area (Å²) in [6, 6.07) is 7.61. The number of piperazine rings is 1. The highest BCUT2D eigenvalue weighted by Gasteiger charge is 2.33. The van der Waals surface area contributed by atoms with Gasteiger partial charge in [-0.1, -0.05) is 11.6 Å². The van der Waals surface area contributed by atoms with E-state index in [1.54, 1.807) is 18.5 Å². The molecule has 8 nitrogen and oxygen atoms in total. The Bertz CT molecular complexity index is 1030. The molecule has 0 saturated carbocycles. The second-order valence-electron chi connectivity index (χ2n) is 8.97. The molecule has 0 bridgehead atoms. The second-order valence-corrected chi connectivity index (χ2v) is 9.38. The van der Waals surface area contributed by atoms with Gasteiger partial charge in [-0.15, -0.1) is 0 Å². The molecular formula is C24H29ClN6O2. The standard InChI is InChI=1S/C24H29ClN6O2/c1-16-14-31(17(2)13-30(16)21-4-3-19(10-26)22(25)9-21)23(33)20-11-27-24(28-12-20)29-7-5-18(15-32)6-8-29/h3-4,9,11-12,16-18,32H,5-8,13-15H2,1-2H3/t16-,17+/m0/s1. The van der Waals surface area contributed by atoms with Crippen LogP contribution in [0.4, 0.5) is 11.6 Å². The molecule has 0 spiro atoms. The van der Waals surface area contributed by atoms with Crippen molar-refractivity contribution in [1.82, 2.24) is 14.9 Å². The van der Waals surface area contributed by atoms with Gasteiger partial charge < -0.3 is 19.8 Å². The van der Waals surface area contributed by atoms with Crippen molar-refractivity contribution in [3.05, 3.63) is 46.7 Å². The highest BCUT2D eigenvalue weighted by molar-refractivity contribution is 6.32. The van der Waals surface area contributed by atoms with Crippen molar-refractivity contribution in [2.75, 3.05) is 42.6 Å². The quantitative estimate of drug-likeness (QED) is 0.736. The number of aliphatic hydroxyl groups is 1. The van der Waals surface area contributed by atoms with E-state index in [4.69, 9.17) is 16.9 Å². The molecule has 2 atom stereocenters. The molecule has 2 fully saturated rings. The molecule has 0 radical (unpaired) electrons. The summed E-state index contributed by atoms with van der Waals surface area (Å²) < 4.78 is 0. The van der Waals surface area contributed by atoms with Crippen molar-refractivity contribution in [1.29, 1.82) is 5.26 Å². The number of hydrogen-bond acceptors (Lipinski definition) is 7. The van der Waals surface area contributed by atoms with Gasteiger partial charge in [0.05, 0.1) is 16.1 Å². The van der Waals surface area contributed by atoms with Crippen molar-refractivity contribution in [3.63, 3.8) is 0 Å². The minimum absolute atomic E-state index is 0.0136. The smallest absolute Gasteiger partial charge is 0.257 e. The fourth-order valence-corrected chi connectivity index (χ4v) is 4.84. The van der Waals surface area contributed by atoms with Crippen molar-refractivity contribution < 1.29 is 9.90 Å². The number of halogens is 1. The van der Waals surface area contributed by atoms with Gasteiger partial charge in [0.25, 0.3) is 5.91 Å². The third kappa shape index (κ3) is 4.90. The number of rotatable bonds is 4. The van der Waals surface area contributed by atoms with Crippen LogP contribution in [-0.4, -0.2) is 70.8 Å². The first kappa shape index (κ1) is 23.3. The molecule has 4 rings (SSSR count). The first-order chi connectivity index (χ1) is 15.9. The third-order valence-electron chi connectivity index (χ3n) is 6.69. The molecule has 1 aromatic heterocycles. The number of aliphatic hydroxyl groups excluding tert-OH is 1. The monoisotopic (exact) mass is 468 g/mol. The van der Waals surface area contributed by atoms with E-state index in [1.807, 2.05) is 24.0 Å². The minimum atomic E-state index is -0.0719. The van der Waals surface area contributed by atoms with E-state index in [9.17, 15) is 9.90 Å². The predicted octanol–water partition coefficient (Wildman–Crippen LogP) is 2.95. The highest BCUT2D eigenvalue weighted by Crippen LogP contribution is 2.28. The number of nitrogens with zero attached hydrogens (tertiary/aromatic N) is 6. The summed E-state index contributed by atoms with van der Waals surface area (Å²) >= 11 is 6.23. The summed E-state index contributed by atoms with van der Waals surface area (Å²) in [6.45, 7) is 7.19. The van der Waals surface area contributed by atoms with Gasteiger partial charge in [0.2, 0.25) is 5.95 Å². The minimum Gasteiger partial charge on any atom is -0.396 e. The van der Waals surface area contributed by atoms with E-state index in [0.717, 1.165) is 31.6 Å². The van der Waals surface area contributed by atoms with Gasteiger partial charge in [-0.3, -0.25) is 4.79 Å². The Morgan fingerprint density at radius 3 is 2.48 bits per heavy atom. The Hall–Kier alpha value is -2.89. The Labute approximate surface area is 199 Å². The van der Waals surface area contributed by atoms with E-state index in [0.29, 0.717) is 41.1 Å². The number of aromatic nitrogens is 2. The van der Waals surface area contributed by atoms with Crippen molar-refractivity contribution >= 4 is 29.1 Å². The zero-order chi connectivity index (χ0) is 23.5. The van der Waals surface area contributed by atoms with Crippen molar-refractivity contribution in [2.45, 2.75) is 38.8 Å². The molecule has 1 aromatic carbocycles. The van der Waals surface area contributed by atoms with E-state index in [-0.39, 0.29) is 24.6 Å². The number of piperidine rings is 1. The lowest BCUT2D eigenvalue weighted by atomic mass is 9.98. The van der Waals surface area contributed by atoms with Crippen LogP contribution in [0.1, 0.15) is 42.6 Å². The van der Waals surface area contributed by atoms with Gasteiger partial charge >= 0.3 is 0 Å². The second kappa shape index (κ2) is 9.94. The molecule has 3 heterocycles. The fourth-order valence-electron chi connectivity index (χ4n) is 4.62. The molecule has 2 saturated heterocycles. The number of benzene rings is 1. The van der Waals surface area contributed by atoms with Gasteiger partial charge in [0.15, 0.2) is 0 Å². The summed E-state index contributed by atoms with van der Waals surface area (Å²) in [6.07, 6.45) is 5.08. The van der Waals surface area contributed by atoms with Crippen LogP contribution < -0.4 is 9.80 Å². The third-order valence-corrected chi connectivity index (χ3v) is 7.01. The zero-order valence-electron chi connectivity index (χ0n) is 19.0. The van der Waals surface area contributed by atoms with Gasteiger partial charge in [0.1, 0.15) is 6.07 Å². The van der Waals surface area contributed by atoms with Crippen LogP contribution >= 0.6 is 11.6 Å². The highest BCUT2D eigenvalue weighted by atomic mass is 35.5. The molecule has 1 amide bonds. The van der Waals surface area contributed by atoms with Gasteiger partial charge in [-0.05, 0) is 50.8 Å². The molecule has 0 aliphatic carbocycles. The van der Waals surface area contributed by atoms with E-state index < -0.39 is 0 Å². The summed E-state index contributed by atoms with van der Waals surface area (Å²) in [5.74, 6) is 0.911. The number of carbonyl (C=O) groups excluding carboxylic acids is 1. The normalized spacial score (nSPS) is 21.7. The topological polar surface area (TPSA) is 96.6 Å². The van der Waals surface area contributed by atoms with Gasteiger partial charge in [-0.25, -0.2) is 9.97 Å². The van der Waals surface area contributed by atoms with Gasteiger partial charge in [0, 0.05) is 63.0 Å². The van der Waals surface area contributed by atoms with Crippen LogP contribution in [0.15, 0.2) is 30.6 Å². The first-order valence-corrected chi connectivity index (χ1v) is 11.7. The summed E-state index contributed by atoms with van der Waals surface area (Å²) in [4.78, 5) is 28.3. The Balaban J connectivity index is 1.42. The van der Waals surface area contributed by atoms with Crippen LogP contribution in [-0.2, 0) is 0 Å². The summed E-state index contributed by atoms with van der Waals surface area (Å²) in [5.41, 5.74) is 1.89. The number of anilines is 2. The molecule has 1 N–H and O–H groups in total. The Kier molecular flexibility index (Phi) is 7.01. The van der Waals surface area contributed by atoms with Crippen LogP contribution in [0.5, 0.6) is 0 Å². The van der Waals surface area contributed by atoms with Crippen LogP contribution in [0.3, 0.4) is 0 Å². The summed E-state index contributed by atoms with van der Waals surface area (Å²) in [5, 5.41) is 18.9. The van der Waals surface area contributed by atoms with Crippen LogP contribution in [0.25, 0.3) is 0 Å². The number of nitriles is 1. The molecule has 2 aliphatic heterocycles. The average molecular weight is 469 g/mol. The van der Waals surface area contributed by atoms with E-state index in [2.05, 4.69) is 32.8 Å². The van der Waals surface area contributed by atoms with Crippen molar-refractivity contribution in [3.8, 4) is 6.07 Å². The molecule has 33 heavy (non-hydrogen) atoms. The maximum Gasteiger partial charge on any atom is 0.257 e. The number of carbonyl (C=O) groups is 1. The van der Waals surface area contributed by atoms with E-state index in [1.165, 1.54) is 0 Å². The lowest BCUT2D eigenvalue weighted by molar-refractivity contribution is 0.0644. The number of amides is 1. The maximum atomic E-state index is 13.2. The SMILES string of the molecule is C[C@@H]1CN(c2ccc(C#N)c(Cl)c2)[C@@H](C)CN1C(=O)c1cnc(N2CCC(CO)CC2)nc1. The predicted molar refractivity (Wildman–Crippen MR) is 128 cm³/mol. The lowest BCUT2D eigenvalue weighted by Gasteiger charge is -2.45. The first-order valence-electron chi connectivity index (χ1n) is 11.4. The Morgan fingerprint density at radius 2 is 1.88 bits per heavy atom. The maximum absolute atomic E-state index is 13.2. The number of hydrogen-bond donors (Lipinski definition) is 1. The Morgan fingerprint density at radius 1 is 1.18 bits per heavy atom. The fraction of sp³-hybridized carbons (Fsp3) is 0.500. The van der Waals surface area contributed by atoms with Gasteiger partial charge in [-0.2, -0.15) is 5.26 Å². The molecule has 2 aromatic rings. The summed E-state index contributed by atoms with van der Waals surface area (Å²) in [7, 11) is 0. The molecule has 174 valence electrons. The molecular weight excluding hydrogens is 440 g/mol. The lowest BCUT2D eigenvalue weighted by Crippen LogP contribution is -2.58. The molecule has 2 aliphatic rings. The van der Waals surface area contributed by atoms with E-state index >= 15 is 0 Å².